The minimum absolute atomic E-state index is 0.207. The van der Waals surface area contributed by atoms with Crippen molar-refractivity contribution in [2.75, 3.05) is 6.54 Å². The molecule has 5 heteroatoms. The lowest BCUT2D eigenvalue weighted by molar-refractivity contribution is -0.153. The van der Waals surface area contributed by atoms with Gasteiger partial charge in [0.05, 0.1) is 5.41 Å². The molecule has 2 aliphatic rings. The minimum Gasteiger partial charge on any atom is -0.481 e. The van der Waals surface area contributed by atoms with Crippen LogP contribution in [0.1, 0.15) is 64.7 Å². The van der Waals surface area contributed by atoms with Gasteiger partial charge < -0.3 is 15.7 Å². The third-order valence-electron chi connectivity index (χ3n) is 5.23. The van der Waals surface area contributed by atoms with Crippen molar-refractivity contribution in [3.63, 3.8) is 0 Å². The van der Waals surface area contributed by atoms with Crippen molar-refractivity contribution < 1.29 is 14.7 Å². The van der Waals surface area contributed by atoms with Gasteiger partial charge in [0, 0.05) is 12.6 Å². The molecule has 3 N–H and O–H groups in total. The van der Waals surface area contributed by atoms with Gasteiger partial charge in [-0.3, -0.25) is 4.79 Å². The van der Waals surface area contributed by atoms with E-state index in [-0.39, 0.29) is 18.6 Å². The van der Waals surface area contributed by atoms with Gasteiger partial charge in [-0.15, -0.1) is 0 Å². The third-order valence-corrected chi connectivity index (χ3v) is 5.23. The van der Waals surface area contributed by atoms with Crippen molar-refractivity contribution in [1.29, 1.82) is 0 Å². The first kappa shape index (κ1) is 16.1. The molecule has 0 aromatic carbocycles. The number of nitrogens with one attached hydrogen (secondary N) is 2. The summed E-state index contributed by atoms with van der Waals surface area (Å²) in [6.45, 7) is 2.47. The van der Waals surface area contributed by atoms with E-state index in [4.69, 9.17) is 0 Å². The van der Waals surface area contributed by atoms with E-state index in [9.17, 15) is 14.7 Å². The van der Waals surface area contributed by atoms with Crippen LogP contribution in [0, 0.1) is 11.3 Å². The van der Waals surface area contributed by atoms with Gasteiger partial charge in [-0.2, -0.15) is 0 Å². The Kier molecular flexibility index (Phi) is 5.48. The number of carboxylic acids is 1. The largest absolute Gasteiger partial charge is 0.481 e. The summed E-state index contributed by atoms with van der Waals surface area (Å²) in [5.41, 5.74) is -0.712. The van der Waals surface area contributed by atoms with Crippen LogP contribution in [0.25, 0.3) is 0 Å². The van der Waals surface area contributed by atoms with Crippen LogP contribution in [0.15, 0.2) is 0 Å². The van der Waals surface area contributed by atoms with Gasteiger partial charge in [-0.1, -0.05) is 26.2 Å². The molecule has 0 aromatic rings. The predicted molar refractivity (Wildman–Crippen MR) is 81.1 cm³/mol. The van der Waals surface area contributed by atoms with Gasteiger partial charge in [0.25, 0.3) is 0 Å². The van der Waals surface area contributed by atoms with Crippen LogP contribution in [0.3, 0.4) is 0 Å². The summed E-state index contributed by atoms with van der Waals surface area (Å²) in [6.07, 6.45) is 9.28. The summed E-state index contributed by atoms with van der Waals surface area (Å²) in [5, 5.41) is 15.0. The highest BCUT2D eigenvalue weighted by atomic mass is 16.4. The zero-order chi connectivity index (χ0) is 15.3. The second kappa shape index (κ2) is 7.14. The normalized spacial score (nSPS) is 27.5. The maximum atomic E-state index is 11.9. The molecule has 0 aliphatic heterocycles. The molecule has 0 saturated heterocycles. The average molecular weight is 296 g/mol. The van der Waals surface area contributed by atoms with Crippen LogP contribution in [-0.2, 0) is 4.79 Å². The maximum absolute atomic E-state index is 11.9. The van der Waals surface area contributed by atoms with Crippen molar-refractivity contribution in [3.05, 3.63) is 0 Å². The van der Waals surface area contributed by atoms with E-state index in [1.54, 1.807) is 0 Å². The molecule has 21 heavy (non-hydrogen) atoms. The molecule has 2 aliphatic carbocycles. The molecule has 120 valence electrons. The molecule has 2 rings (SSSR count). The third kappa shape index (κ3) is 4.11. The van der Waals surface area contributed by atoms with Crippen molar-refractivity contribution in [2.45, 2.75) is 70.8 Å². The molecule has 0 unspecified atom stereocenters. The van der Waals surface area contributed by atoms with E-state index in [2.05, 4.69) is 17.6 Å². The Labute approximate surface area is 126 Å². The highest BCUT2D eigenvalue weighted by Gasteiger charge is 2.44. The van der Waals surface area contributed by atoms with E-state index in [1.807, 2.05) is 0 Å². The molecule has 2 fully saturated rings. The molecular weight excluding hydrogens is 268 g/mol. The summed E-state index contributed by atoms with van der Waals surface area (Å²) in [4.78, 5) is 23.1. The molecule has 2 amide bonds. The lowest BCUT2D eigenvalue weighted by Crippen LogP contribution is -2.51. The molecule has 0 spiro atoms. The minimum atomic E-state index is -0.783. The molecule has 0 aromatic heterocycles. The molecule has 0 heterocycles. The number of aliphatic carboxylic acids is 1. The number of urea groups is 1. The van der Waals surface area contributed by atoms with Crippen LogP contribution < -0.4 is 10.6 Å². The van der Waals surface area contributed by atoms with Crippen LogP contribution in [-0.4, -0.2) is 29.7 Å². The van der Waals surface area contributed by atoms with Crippen molar-refractivity contribution >= 4 is 12.0 Å². The fourth-order valence-electron chi connectivity index (χ4n) is 3.56. The molecule has 0 radical (unpaired) electrons. The van der Waals surface area contributed by atoms with E-state index < -0.39 is 11.4 Å². The van der Waals surface area contributed by atoms with Crippen molar-refractivity contribution in [3.8, 4) is 0 Å². The van der Waals surface area contributed by atoms with Gasteiger partial charge >= 0.3 is 12.0 Å². The summed E-state index contributed by atoms with van der Waals surface area (Å²) in [6, 6.07) is 0.0433. The Hall–Kier alpha value is -1.26. The highest BCUT2D eigenvalue weighted by Crippen LogP contribution is 2.40. The monoisotopic (exact) mass is 296 g/mol. The Morgan fingerprint density at radius 1 is 1.19 bits per heavy atom. The first-order valence-corrected chi connectivity index (χ1v) is 8.33. The standard InChI is InChI=1S/C16H28N2O3/c1-2-4-12-5-7-13(8-6-12)18-15(21)17-11-16(14(19)20)9-3-10-16/h12-13H,2-11H2,1H3,(H,19,20)(H2,17,18,21). The average Bonchev–Trinajstić information content (AvgIpc) is 2.39. The van der Waals surface area contributed by atoms with Crippen LogP contribution in [0.2, 0.25) is 0 Å². The Balaban J connectivity index is 1.67. The SMILES string of the molecule is CCCC1CCC(NC(=O)NCC2(C(=O)O)CCC2)CC1. The maximum Gasteiger partial charge on any atom is 0.315 e. The zero-order valence-corrected chi connectivity index (χ0v) is 13.0. The van der Waals surface area contributed by atoms with Gasteiger partial charge in [0.15, 0.2) is 0 Å². The second-order valence-corrected chi connectivity index (χ2v) is 6.77. The number of carboxylic acid groups (broad SMARTS) is 1. The topological polar surface area (TPSA) is 78.4 Å². The fourth-order valence-corrected chi connectivity index (χ4v) is 3.56. The second-order valence-electron chi connectivity index (χ2n) is 6.77. The van der Waals surface area contributed by atoms with Gasteiger partial charge in [0.1, 0.15) is 0 Å². The van der Waals surface area contributed by atoms with Crippen LogP contribution >= 0.6 is 0 Å². The fraction of sp³-hybridized carbons (Fsp3) is 0.875. The molecule has 2 saturated carbocycles. The first-order chi connectivity index (χ1) is 10.1. The highest BCUT2D eigenvalue weighted by molar-refractivity contribution is 5.79. The number of hydrogen-bond donors (Lipinski definition) is 3. The quantitative estimate of drug-likeness (QED) is 0.705. The Morgan fingerprint density at radius 3 is 2.33 bits per heavy atom. The molecular formula is C16H28N2O3. The summed E-state index contributed by atoms with van der Waals surface area (Å²) < 4.78 is 0. The number of amides is 2. The van der Waals surface area contributed by atoms with Gasteiger partial charge in [-0.05, 0) is 44.4 Å². The van der Waals surface area contributed by atoms with Gasteiger partial charge in [0.2, 0.25) is 0 Å². The van der Waals surface area contributed by atoms with Crippen molar-refractivity contribution in [2.24, 2.45) is 11.3 Å². The molecule has 5 nitrogen and oxygen atoms in total. The molecule has 0 atom stereocenters. The zero-order valence-electron chi connectivity index (χ0n) is 13.0. The van der Waals surface area contributed by atoms with Crippen LogP contribution in [0.5, 0.6) is 0 Å². The lowest BCUT2D eigenvalue weighted by Gasteiger charge is -2.37. The Bertz CT molecular complexity index is 372. The van der Waals surface area contributed by atoms with Gasteiger partial charge in [-0.25, -0.2) is 4.79 Å². The van der Waals surface area contributed by atoms with E-state index >= 15 is 0 Å². The predicted octanol–water partition coefficient (Wildman–Crippen LogP) is 2.90. The molecule has 0 bridgehead atoms. The summed E-state index contributed by atoms with van der Waals surface area (Å²) in [7, 11) is 0. The number of carbonyl (C=O) groups is 2. The van der Waals surface area contributed by atoms with E-state index in [0.29, 0.717) is 12.8 Å². The van der Waals surface area contributed by atoms with E-state index in [0.717, 1.165) is 25.2 Å². The number of rotatable bonds is 6. The lowest BCUT2D eigenvalue weighted by atomic mass is 9.69. The van der Waals surface area contributed by atoms with Crippen LogP contribution in [0.4, 0.5) is 4.79 Å². The van der Waals surface area contributed by atoms with Crippen molar-refractivity contribution in [1.82, 2.24) is 10.6 Å². The first-order valence-electron chi connectivity index (χ1n) is 8.33. The summed E-state index contributed by atoms with van der Waals surface area (Å²) in [5.74, 6) is 0.0375. The Morgan fingerprint density at radius 2 is 1.86 bits per heavy atom. The number of hydrogen-bond acceptors (Lipinski definition) is 2. The van der Waals surface area contributed by atoms with E-state index in [1.165, 1.54) is 25.7 Å². The number of carbonyl (C=O) groups excluding carboxylic acids is 1. The summed E-state index contributed by atoms with van der Waals surface area (Å²) >= 11 is 0. The smallest absolute Gasteiger partial charge is 0.315 e.